The molecule has 0 saturated carbocycles. The van der Waals surface area contributed by atoms with Gasteiger partial charge in [0.1, 0.15) is 5.75 Å². The van der Waals surface area contributed by atoms with Crippen molar-refractivity contribution in [1.29, 1.82) is 0 Å². The lowest BCUT2D eigenvalue weighted by molar-refractivity contribution is 0.415. The van der Waals surface area contributed by atoms with Crippen molar-refractivity contribution in [3.05, 3.63) is 76.6 Å². The highest BCUT2D eigenvalue weighted by Crippen LogP contribution is 2.19. The Morgan fingerprint density at radius 1 is 1.04 bits per heavy atom. The van der Waals surface area contributed by atoms with E-state index in [0.717, 1.165) is 27.9 Å². The summed E-state index contributed by atoms with van der Waals surface area (Å²) in [7, 11) is 4.32. The predicted octanol–water partition coefficient (Wildman–Crippen LogP) is 2.47. The van der Waals surface area contributed by atoms with Gasteiger partial charge in [-0.1, -0.05) is 24.3 Å². The minimum Gasteiger partial charge on any atom is -0.497 e. The Kier molecular flexibility index (Phi) is 4.54. The molecule has 0 saturated heterocycles. The van der Waals surface area contributed by atoms with Crippen LogP contribution in [0.3, 0.4) is 0 Å². The molecule has 3 rings (SSSR count). The molecule has 0 aliphatic carbocycles. The number of aromatic nitrogens is 2. The highest BCUT2D eigenvalue weighted by Gasteiger charge is 2.06. The van der Waals surface area contributed by atoms with Crippen LogP contribution in [0.2, 0.25) is 0 Å². The Morgan fingerprint density at radius 2 is 1.78 bits per heavy atom. The quantitative estimate of drug-likeness (QED) is 0.693. The fourth-order valence-corrected chi connectivity index (χ4v) is 2.62. The number of rotatable bonds is 4. The zero-order valence-corrected chi connectivity index (χ0v) is 13.9. The molecular formula is C18H17N2O2P. The molecule has 1 aromatic heterocycles. The summed E-state index contributed by atoms with van der Waals surface area (Å²) in [6.45, 7) is 0.447. The molecule has 0 spiro atoms. The lowest BCUT2D eigenvalue weighted by atomic mass is 10.1. The third-order valence-electron chi connectivity index (χ3n) is 3.63. The lowest BCUT2D eigenvalue weighted by Crippen LogP contribution is -2.24. The molecule has 0 amide bonds. The summed E-state index contributed by atoms with van der Waals surface area (Å²) < 4.78 is 6.65. The second-order valence-corrected chi connectivity index (χ2v) is 5.76. The molecule has 1 heterocycles. The molecule has 0 aliphatic heterocycles. The van der Waals surface area contributed by atoms with Gasteiger partial charge in [-0.3, -0.25) is 4.79 Å². The van der Waals surface area contributed by atoms with Gasteiger partial charge in [-0.15, -0.1) is 9.24 Å². The van der Waals surface area contributed by atoms with Crippen LogP contribution in [0.25, 0.3) is 11.3 Å². The first kappa shape index (κ1) is 15.4. The summed E-state index contributed by atoms with van der Waals surface area (Å²) in [6.07, 6.45) is 0. The summed E-state index contributed by atoms with van der Waals surface area (Å²) in [5.41, 5.74) is 2.64. The summed E-state index contributed by atoms with van der Waals surface area (Å²) >= 11 is 0. The van der Waals surface area contributed by atoms with Gasteiger partial charge in [0.25, 0.3) is 5.56 Å². The average molecular weight is 324 g/mol. The summed E-state index contributed by atoms with van der Waals surface area (Å²) in [6, 6.07) is 18.8. The zero-order valence-electron chi connectivity index (χ0n) is 12.8. The van der Waals surface area contributed by atoms with Crippen LogP contribution in [0, 0.1) is 0 Å². The van der Waals surface area contributed by atoms with Crippen LogP contribution in [-0.2, 0) is 6.54 Å². The van der Waals surface area contributed by atoms with Gasteiger partial charge in [0.05, 0.1) is 19.3 Å². The maximum Gasteiger partial charge on any atom is 0.267 e. The maximum absolute atomic E-state index is 12.1. The highest BCUT2D eigenvalue weighted by atomic mass is 31.0. The third-order valence-corrected chi connectivity index (χ3v) is 4.19. The van der Waals surface area contributed by atoms with E-state index in [1.807, 2.05) is 48.5 Å². The molecule has 0 N–H and O–H groups in total. The van der Waals surface area contributed by atoms with Gasteiger partial charge in [0, 0.05) is 11.6 Å². The molecule has 2 aromatic carbocycles. The van der Waals surface area contributed by atoms with Crippen LogP contribution < -0.4 is 15.6 Å². The first-order chi connectivity index (χ1) is 11.2. The monoisotopic (exact) mass is 324 g/mol. The lowest BCUT2D eigenvalue weighted by Gasteiger charge is -2.09. The van der Waals surface area contributed by atoms with Crippen molar-refractivity contribution in [2.24, 2.45) is 0 Å². The van der Waals surface area contributed by atoms with Gasteiger partial charge in [0.2, 0.25) is 0 Å². The van der Waals surface area contributed by atoms with Gasteiger partial charge >= 0.3 is 0 Å². The average Bonchev–Trinajstić information content (AvgIpc) is 2.59. The Hall–Kier alpha value is -2.45. The van der Waals surface area contributed by atoms with Crippen molar-refractivity contribution in [2.45, 2.75) is 6.54 Å². The van der Waals surface area contributed by atoms with Gasteiger partial charge < -0.3 is 4.74 Å². The van der Waals surface area contributed by atoms with Crippen LogP contribution in [0.1, 0.15) is 5.56 Å². The van der Waals surface area contributed by atoms with E-state index in [0.29, 0.717) is 6.54 Å². The van der Waals surface area contributed by atoms with E-state index in [-0.39, 0.29) is 5.56 Å². The van der Waals surface area contributed by atoms with Crippen molar-refractivity contribution in [1.82, 2.24) is 9.78 Å². The zero-order chi connectivity index (χ0) is 16.2. The van der Waals surface area contributed by atoms with Crippen LogP contribution >= 0.6 is 9.24 Å². The third kappa shape index (κ3) is 3.49. The molecule has 116 valence electrons. The minimum atomic E-state index is -0.115. The first-order valence-corrected chi connectivity index (χ1v) is 7.81. The van der Waals surface area contributed by atoms with E-state index in [4.69, 9.17) is 4.74 Å². The van der Waals surface area contributed by atoms with Crippen molar-refractivity contribution >= 4 is 14.5 Å². The van der Waals surface area contributed by atoms with Crippen molar-refractivity contribution < 1.29 is 4.74 Å². The minimum absolute atomic E-state index is 0.115. The predicted molar refractivity (Wildman–Crippen MR) is 95.4 cm³/mol. The molecule has 4 nitrogen and oxygen atoms in total. The maximum atomic E-state index is 12.1. The summed E-state index contributed by atoms with van der Waals surface area (Å²) in [5, 5.41) is 5.55. The van der Waals surface area contributed by atoms with E-state index >= 15 is 0 Å². The number of nitrogens with zero attached hydrogens (tertiary/aromatic N) is 2. The van der Waals surface area contributed by atoms with Gasteiger partial charge in [-0.05, 0) is 41.2 Å². The van der Waals surface area contributed by atoms with Crippen molar-refractivity contribution in [3.8, 4) is 17.0 Å². The van der Waals surface area contributed by atoms with Crippen LogP contribution in [0.5, 0.6) is 5.75 Å². The van der Waals surface area contributed by atoms with E-state index < -0.39 is 0 Å². The molecule has 1 unspecified atom stereocenters. The van der Waals surface area contributed by atoms with E-state index in [2.05, 4.69) is 14.3 Å². The molecule has 23 heavy (non-hydrogen) atoms. The number of methoxy groups -OCH3 is 1. The number of hydrogen-bond acceptors (Lipinski definition) is 3. The van der Waals surface area contributed by atoms with E-state index in [1.165, 1.54) is 4.68 Å². The smallest absolute Gasteiger partial charge is 0.267 e. The van der Waals surface area contributed by atoms with Crippen molar-refractivity contribution in [3.63, 3.8) is 0 Å². The molecule has 0 radical (unpaired) electrons. The van der Waals surface area contributed by atoms with Gasteiger partial charge in [-0.25, -0.2) is 4.68 Å². The SMILES string of the molecule is COc1ccc(-c2ccc(=O)n(Cc3ccccc3P)n2)cc1. The molecule has 5 heteroatoms. The Balaban J connectivity index is 1.95. The van der Waals surface area contributed by atoms with E-state index in [9.17, 15) is 4.79 Å². The number of hydrogen-bond donors (Lipinski definition) is 0. The summed E-state index contributed by atoms with van der Waals surface area (Å²) in [5.74, 6) is 0.791. The second-order valence-electron chi connectivity index (χ2n) is 5.14. The summed E-state index contributed by atoms with van der Waals surface area (Å²) in [4.78, 5) is 12.1. The highest BCUT2D eigenvalue weighted by molar-refractivity contribution is 7.27. The Labute approximate surface area is 136 Å². The van der Waals surface area contributed by atoms with Crippen LogP contribution in [0.4, 0.5) is 0 Å². The molecular weight excluding hydrogens is 307 g/mol. The van der Waals surface area contributed by atoms with Gasteiger partial charge in [-0.2, -0.15) is 5.10 Å². The molecule has 0 bridgehead atoms. The second kappa shape index (κ2) is 6.76. The van der Waals surface area contributed by atoms with Gasteiger partial charge in [0.15, 0.2) is 0 Å². The van der Waals surface area contributed by atoms with Crippen LogP contribution in [-0.4, -0.2) is 16.9 Å². The molecule has 1 atom stereocenters. The fraction of sp³-hybridized carbons (Fsp3) is 0.111. The number of benzene rings is 2. The Bertz CT molecular complexity index is 873. The Morgan fingerprint density at radius 3 is 2.48 bits per heavy atom. The van der Waals surface area contributed by atoms with E-state index in [1.54, 1.807) is 19.2 Å². The first-order valence-electron chi connectivity index (χ1n) is 7.23. The normalized spacial score (nSPS) is 10.5. The van der Waals surface area contributed by atoms with Crippen LogP contribution in [0.15, 0.2) is 65.5 Å². The molecule has 3 aromatic rings. The van der Waals surface area contributed by atoms with Crippen molar-refractivity contribution in [2.75, 3.05) is 7.11 Å². The fourth-order valence-electron chi connectivity index (χ4n) is 2.32. The largest absolute Gasteiger partial charge is 0.497 e. The standard InChI is InChI=1S/C18H17N2O2P/c1-22-15-8-6-13(7-9-15)16-10-11-18(21)20(19-16)12-14-4-2-3-5-17(14)23/h2-11H,12,23H2,1H3. The molecule has 0 aliphatic rings. The number of ether oxygens (including phenoxy) is 1. The topological polar surface area (TPSA) is 44.1 Å². The molecule has 0 fully saturated rings.